The zero-order chi connectivity index (χ0) is 15.0. The van der Waals surface area contributed by atoms with Crippen LogP contribution < -0.4 is 10.5 Å². The number of fused-ring (bicyclic) bond motifs is 1. The van der Waals surface area contributed by atoms with Gasteiger partial charge in [-0.1, -0.05) is 31.2 Å². The third-order valence-corrected chi connectivity index (χ3v) is 4.59. The van der Waals surface area contributed by atoms with E-state index in [9.17, 15) is 4.39 Å². The van der Waals surface area contributed by atoms with Crippen molar-refractivity contribution < 1.29 is 9.13 Å². The van der Waals surface area contributed by atoms with Gasteiger partial charge in [0.05, 0.1) is 12.6 Å². The van der Waals surface area contributed by atoms with Crippen molar-refractivity contribution in [2.24, 2.45) is 5.73 Å². The predicted molar refractivity (Wildman–Crippen MR) is 82.0 cm³/mol. The van der Waals surface area contributed by atoms with Crippen molar-refractivity contribution in [3.05, 3.63) is 65.0 Å². The molecule has 1 aliphatic carbocycles. The molecule has 2 nitrogen and oxygen atoms in total. The Morgan fingerprint density at radius 1 is 1.19 bits per heavy atom. The van der Waals surface area contributed by atoms with Crippen molar-refractivity contribution >= 4 is 0 Å². The zero-order valence-corrected chi connectivity index (χ0v) is 12.4. The minimum Gasteiger partial charge on any atom is -0.496 e. The molecule has 1 aliphatic rings. The van der Waals surface area contributed by atoms with E-state index in [4.69, 9.17) is 10.5 Å². The number of hydrogen-bond acceptors (Lipinski definition) is 2. The Morgan fingerprint density at radius 3 is 2.71 bits per heavy atom. The lowest BCUT2D eigenvalue weighted by Crippen LogP contribution is -2.42. The minimum absolute atomic E-state index is 0.285. The van der Waals surface area contributed by atoms with E-state index in [2.05, 4.69) is 19.1 Å². The summed E-state index contributed by atoms with van der Waals surface area (Å²) in [5, 5.41) is 0. The highest BCUT2D eigenvalue weighted by atomic mass is 19.1. The summed E-state index contributed by atoms with van der Waals surface area (Å²) in [5.41, 5.74) is 9.11. The fourth-order valence-electron chi connectivity index (χ4n) is 3.38. The Hall–Kier alpha value is -1.87. The van der Waals surface area contributed by atoms with Crippen LogP contribution in [0.4, 0.5) is 4.39 Å². The van der Waals surface area contributed by atoms with Crippen LogP contribution in [0.25, 0.3) is 0 Å². The van der Waals surface area contributed by atoms with E-state index >= 15 is 0 Å². The Morgan fingerprint density at radius 2 is 1.95 bits per heavy atom. The van der Waals surface area contributed by atoms with Gasteiger partial charge in [0.2, 0.25) is 0 Å². The van der Waals surface area contributed by atoms with E-state index in [1.54, 1.807) is 13.2 Å². The second-order valence-corrected chi connectivity index (χ2v) is 5.84. The van der Waals surface area contributed by atoms with E-state index in [1.807, 2.05) is 12.1 Å². The van der Waals surface area contributed by atoms with Crippen LogP contribution in [0.3, 0.4) is 0 Å². The molecule has 21 heavy (non-hydrogen) atoms. The van der Waals surface area contributed by atoms with Crippen LogP contribution in [0.1, 0.15) is 42.4 Å². The van der Waals surface area contributed by atoms with E-state index in [1.165, 1.54) is 17.7 Å². The van der Waals surface area contributed by atoms with Crippen molar-refractivity contribution in [3.8, 4) is 5.75 Å². The number of rotatable bonds is 2. The monoisotopic (exact) mass is 285 g/mol. The van der Waals surface area contributed by atoms with Gasteiger partial charge in [-0.2, -0.15) is 0 Å². The first-order valence-electron chi connectivity index (χ1n) is 7.28. The first-order chi connectivity index (χ1) is 10.1. The summed E-state index contributed by atoms with van der Waals surface area (Å²) in [5.74, 6) is 0.826. The lowest BCUT2D eigenvalue weighted by Gasteiger charge is -2.39. The molecule has 0 saturated heterocycles. The molecule has 0 amide bonds. The van der Waals surface area contributed by atoms with Gasteiger partial charge in [-0.15, -0.1) is 0 Å². The zero-order valence-electron chi connectivity index (χ0n) is 12.4. The molecule has 0 aromatic heterocycles. The van der Waals surface area contributed by atoms with Crippen molar-refractivity contribution in [1.29, 1.82) is 0 Å². The van der Waals surface area contributed by atoms with E-state index in [-0.39, 0.29) is 5.82 Å². The first kappa shape index (κ1) is 14.1. The molecule has 0 bridgehead atoms. The second kappa shape index (κ2) is 5.15. The average Bonchev–Trinajstić information content (AvgIpc) is 2.51. The van der Waals surface area contributed by atoms with Crippen LogP contribution >= 0.6 is 0 Å². The molecule has 0 fully saturated rings. The van der Waals surface area contributed by atoms with Gasteiger partial charge < -0.3 is 10.5 Å². The molecule has 0 heterocycles. The van der Waals surface area contributed by atoms with E-state index in [0.29, 0.717) is 11.7 Å². The van der Waals surface area contributed by atoms with Gasteiger partial charge >= 0.3 is 0 Å². The number of ether oxygens (including phenoxy) is 1. The van der Waals surface area contributed by atoms with Crippen LogP contribution in [0.15, 0.2) is 42.5 Å². The minimum atomic E-state index is -0.698. The maximum Gasteiger partial charge on any atom is 0.124 e. The highest BCUT2D eigenvalue weighted by Gasteiger charge is 2.38. The largest absolute Gasteiger partial charge is 0.496 e. The van der Waals surface area contributed by atoms with Crippen LogP contribution in [-0.2, 0) is 5.54 Å². The lowest BCUT2D eigenvalue weighted by molar-refractivity contribution is 0.366. The van der Waals surface area contributed by atoms with Crippen LogP contribution in [0.2, 0.25) is 0 Å². The number of methoxy groups -OCH3 is 1. The van der Waals surface area contributed by atoms with Gasteiger partial charge in [0, 0.05) is 5.56 Å². The van der Waals surface area contributed by atoms with Gasteiger partial charge in [0.25, 0.3) is 0 Å². The smallest absolute Gasteiger partial charge is 0.124 e. The van der Waals surface area contributed by atoms with E-state index in [0.717, 1.165) is 24.0 Å². The maximum absolute atomic E-state index is 13.8. The second-order valence-electron chi connectivity index (χ2n) is 5.84. The van der Waals surface area contributed by atoms with Crippen molar-refractivity contribution in [2.75, 3.05) is 7.11 Å². The Kier molecular flexibility index (Phi) is 3.46. The maximum atomic E-state index is 13.8. The number of halogens is 1. The number of benzene rings is 2. The highest BCUT2D eigenvalue weighted by molar-refractivity contribution is 5.51. The fraction of sp³-hybridized carbons (Fsp3) is 0.333. The summed E-state index contributed by atoms with van der Waals surface area (Å²) in [4.78, 5) is 0. The third kappa shape index (κ3) is 2.22. The molecular weight excluding hydrogens is 265 g/mol. The topological polar surface area (TPSA) is 35.2 Å². The third-order valence-electron chi connectivity index (χ3n) is 4.59. The van der Waals surface area contributed by atoms with Gasteiger partial charge in [0.1, 0.15) is 11.6 Å². The molecule has 2 aromatic carbocycles. The van der Waals surface area contributed by atoms with Gasteiger partial charge in [0.15, 0.2) is 0 Å². The Balaban J connectivity index is 2.22. The quantitative estimate of drug-likeness (QED) is 0.907. The lowest BCUT2D eigenvalue weighted by atomic mass is 9.69. The van der Waals surface area contributed by atoms with Crippen LogP contribution in [0.5, 0.6) is 5.75 Å². The first-order valence-corrected chi connectivity index (χ1v) is 7.28. The molecule has 0 radical (unpaired) electrons. The normalized spacial score (nSPS) is 24.5. The standard InChI is InChI=1S/C18H20FNO/c1-12-9-10-18(20,15-6-4-3-5-14(12)15)16-11-13(19)7-8-17(16)21-2/h3-8,11-12H,9-10,20H2,1-2H3. The van der Waals surface area contributed by atoms with Crippen LogP contribution in [-0.4, -0.2) is 7.11 Å². The van der Waals surface area contributed by atoms with Crippen molar-refractivity contribution in [1.82, 2.24) is 0 Å². The van der Waals surface area contributed by atoms with Crippen LogP contribution in [0, 0.1) is 5.82 Å². The summed E-state index contributed by atoms with van der Waals surface area (Å²) >= 11 is 0. The Bertz CT molecular complexity index is 670. The van der Waals surface area contributed by atoms with Gasteiger partial charge in [-0.05, 0) is 48.1 Å². The summed E-state index contributed by atoms with van der Waals surface area (Å²) < 4.78 is 19.2. The predicted octanol–water partition coefficient (Wildman–Crippen LogP) is 3.93. The molecule has 2 aromatic rings. The molecule has 110 valence electrons. The summed E-state index contributed by atoms with van der Waals surface area (Å²) in [6.45, 7) is 2.21. The van der Waals surface area contributed by atoms with Gasteiger partial charge in [-0.25, -0.2) is 4.39 Å². The molecule has 2 N–H and O–H groups in total. The molecule has 2 unspecified atom stereocenters. The molecule has 3 heteroatoms. The van der Waals surface area contributed by atoms with Crippen molar-refractivity contribution in [2.45, 2.75) is 31.2 Å². The molecule has 0 saturated carbocycles. The molecule has 3 rings (SSSR count). The highest BCUT2D eigenvalue weighted by Crippen LogP contribution is 2.45. The average molecular weight is 285 g/mol. The number of nitrogens with two attached hydrogens (primary N) is 1. The summed E-state index contributed by atoms with van der Waals surface area (Å²) in [7, 11) is 1.59. The summed E-state index contributed by atoms with van der Waals surface area (Å²) in [6.07, 6.45) is 1.76. The Labute approximate surface area is 124 Å². The fourth-order valence-corrected chi connectivity index (χ4v) is 3.38. The molecule has 0 aliphatic heterocycles. The van der Waals surface area contributed by atoms with Crippen molar-refractivity contribution in [3.63, 3.8) is 0 Å². The summed E-state index contributed by atoms with van der Waals surface area (Å²) in [6, 6.07) is 12.8. The van der Waals surface area contributed by atoms with Gasteiger partial charge in [-0.3, -0.25) is 0 Å². The molecule has 2 atom stereocenters. The van der Waals surface area contributed by atoms with E-state index < -0.39 is 5.54 Å². The SMILES string of the molecule is COc1ccc(F)cc1C1(N)CCC(C)c2ccccc21. The number of hydrogen-bond donors (Lipinski definition) is 1. The molecule has 0 spiro atoms. The molecular formula is C18H20FNO.